The van der Waals surface area contributed by atoms with E-state index in [2.05, 4.69) is 13.8 Å². The van der Waals surface area contributed by atoms with Gasteiger partial charge in [0.05, 0.1) is 0 Å². The number of carbonyl (C=O) groups is 1. The summed E-state index contributed by atoms with van der Waals surface area (Å²) >= 11 is 0. The number of carbonyl (C=O) groups excluding carboxylic acids is 1. The molecule has 3 heteroatoms. The Morgan fingerprint density at radius 3 is 2.52 bits per heavy atom. The Morgan fingerprint density at radius 2 is 1.81 bits per heavy atom. The van der Waals surface area contributed by atoms with Crippen LogP contribution in [0.5, 0.6) is 0 Å². The molecule has 0 aromatic heterocycles. The van der Waals surface area contributed by atoms with E-state index >= 15 is 0 Å². The molecule has 3 nitrogen and oxygen atoms in total. The van der Waals surface area contributed by atoms with Crippen LogP contribution in [-0.4, -0.2) is 30.4 Å². The molecule has 1 amide bonds. The van der Waals surface area contributed by atoms with Crippen molar-refractivity contribution in [2.45, 2.75) is 26.3 Å². The lowest BCUT2D eigenvalue weighted by molar-refractivity contribution is 0.0791. The summed E-state index contributed by atoms with van der Waals surface area (Å²) < 4.78 is 0. The van der Waals surface area contributed by atoms with Gasteiger partial charge < -0.3 is 10.6 Å². The second-order valence-corrected chi connectivity index (χ2v) is 5.95. The highest BCUT2D eigenvalue weighted by Crippen LogP contribution is 2.20. The van der Waals surface area contributed by atoms with Crippen LogP contribution >= 0.6 is 0 Å². The maximum absolute atomic E-state index is 12.6. The monoisotopic (exact) mass is 284 g/mol. The third-order valence-electron chi connectivity index (χ3n) is 4.02. The molecular formula is C18H24N2O. The third-order valence-corrected chi connectivity index (χ3v) is 4.02. The minimum Gasteiger partial charge on any atom is -0.342 e. The highest BCUT2D eigenvalue weighted by Gasteiger charge is 2.16. The summed E-state index contributed by atoms with van der Waals surface area (Å²) in [4.78, 5) is 14.4. The molecule has 1 atom stereocenters. The smallest absolute Gasteiger partial charge is 0.254 e. The topological polar surface area (TPSA) is 46.3 Å². The number of nitrogens with two attached hydrogens (primary N) is 1. The van der Waals surface area contributed by atoms with Gasteiger partial charge in [-0.2, -0.15) is 0 Å². The lowest BCUT2D eigenvalue weighted by Crippen LogP contribution is -2.34. The molecular weight excluding hydrogens is 260 g/mol. The molecule has 0 bridgehead atoms. The standard InChI is InChI=1S/C18H24N2O/c1-13(2)17(19)11-12-20(3)18(21)16-10-6-8-14-7-4-5-9-15(14)16/h4-10,13,17H,11-12,19H2,1-3H3. The molecule has 2 rings (SSSR count). The fourth-order valence-corrected chi connectivity index (χ4v) is 2.40. The van der Waals surface area contributed by atoms with Gasteiger partial charge in [0.15, 0.2) is 0 Å². The van der Waals surface area contributed by atoms with Crippen LogP contribution in [0.2, 0.25) is 0 Å². The number of hydrogen-bond donors (Lipinski definition) is 1. The number of nitrogens with zero attached hydrogens (tertiary/aromatic N) is 1. The van der Waals surface area contributed by atoms with Crippen LogP contribution in [0.3, 0.4) is 0 Å². The van der Waals surface area contributed by atoms with E-state index in [1.807, 2.05) is 49.5 Å². The van der Waals surface area contributed by atoms with Gasteiger partial charge in [-0.15, -0.1) is 0 Å². The summed E-state index contributed by atoms with van der Waals surface area (Å²) in [6, 6.07) is 14.0. The normalized spacial score (nSPS) is 12.6. The first-order valence-electron chi connectivity index (χ1n) is 7.49. The van der Waals surface area contributed by atoms with E-state index in [4.69, 9.17) is 5.73 Å². The van der Waals surface area contributed by atoms with Crippen LogP contribution in [0.1, 0.15) is 30.6 Å². The fraction of sp³-hybridized carbons (Fsp3) is 0.389. The van der Waals surface area contributed by atoms with Crippen molar-refractivity contribution in [1.29, 1.82) is 0 Å². The van der Waals surface area contributed by atoms with Crippen molar-refractivity contribution in [2.75, 3.05) is 13.6 Å². The highest BCUT2D eigenvalue weighted by molar-refractivity contribution is 6.06. The van der Waals surface area contributed by atoms with Crippen LogP contribution in [0, 0.1) is 5.92 Å². The summed E-state index contributed by atoms with van der Waals surface area (Å²) in [6.07, 6.45) is 0.824. The fourth-order valence-electron chi connectivity index (χ4n) is 2.40. The van der Waals surface area contributed by atoms with Crippen molar-refractivity contribution in [3.8, 4) is 0 Å². The molecule has 0 aliphatic carbocycles. The highest BCUT2D eigenvalue weighted by atomic mass is 16.2. The summed E-state index contributed by atoms with van der Waals surface area (Å²) in [6.45, 7) is 4.90. The van der Waals surface area contributed by atoms with Gasteiger partial charge in [0.25, 0.3) is 5.91 Å². The molecule has 0 aliphatic heterocycles. The van der Waals surface area contributed by atoms with Crippen LogP contribution in [-0.2, 0) is 0 Å². The zero-order valence-corrected chi connectivity index (χ0v) is 13.0. The van der Waals surface area contributed by atoms with E-state index in [1.54, 1.807) is 4.90 Å². The van der Waals surface area contributed by atoms with E-state index in [0.29, 0.717) is 12.5 Å². The van der Waals surface area contributed by atoms with Gasteiger partial charge in [0.2, 0.25) is 0 Å². The van der Waals surface area contributed by atoms with Gasteiger partial charge in [-0.05, 0) is 29.2 Å². The molecule has 0 saturated heterocycles. The summed E-state index contributed by atoms with van der Waals surface area (Å²) in [5, 5.41) is 2.10. The van der Waals surface area contributed by atoms with Crippen molar-refractivity contribution >= 4 is 16.7 Å². The number of fused-ring (bicyclic) bond motifs is 1. The van der Waals surface area contributed by atoms with Crippen LogP contribution < -0.4 is 5.73 Å². The summed E-state index contributed by atoms with van der Waals surface area (Å²) in [5.74, 6) is 0.494. The first-order valence-corrected chi connectivity index (χ1v) is 7.49. The SMILES string of the molecule is CC(C)C(N)CCN(C)C(=O)c1cccc2ccccc12. The predicted octanol–water partition coefficient (Wildman–Crippen LogP) is 3.29. The van der Waals surface area contributed by atoms with Gasteiger partial charge in [-0.25, -0.2) is 0 Å². The van der Waals surface area contributed by atoms with Gasteiger partial charge in [0, 0.05) is 25.2 Å². The zero-order chi connectivity index (χ0) is 15.4. The van der Waals surface area contributed by atoms with Gasteiger partial charge in [-0.3, -0.25) is 4.79 Å². The summed E-state index contributed by atoms with van der Waals surface area (Å²) in [7, 11) is 1.84. The van der Waals surface area contributed by atoms with Gasteiger partial charge >= 0.3 is 0 Å². The molecule has 0 aliphatic rings. The molecule has 1 unspecified atom stereocenters. The van der Waals surface area contributed by atoms with Crippen LogP contribution in [0.25, 0.3) is 10.8 Å². The number of hydrogen-bond acceptors (Lipinski definition) is 2. The molecule has 0 fully saturated rings. The Bertz CT molecular complexity index is 616. The van der Waals surface area contributed by atoms with Gasteiger partial charge in [-0.1, -0.05) is 50.2 Å². The Balaban J connectivity index is 2.15. The second kappa shape index (κ2) is 6.72. The lowest BCUT2D eigenvalue weighted by atomic mass is 10.0. The van der Waals surface area contributed by atoms with Crippen molar-refractivity contribution in [1.82, 2.24) is 4.90 Å². The second-order valence-electron chi connectivity index (χ2n) is 5.95. The first kappa shape index (κ1) is 15.5. The summed E-state index contributed by atoms with van der Waals surface area (Å²) in [5.41, 5.74) is 6.81. The minimum atomic E-state index is 0.0581. The average Bonchev–Trinajstić information content (AvgIpc) is 2.50. The van der Waals surface area contributed by atoms with Gasteiger partial charge in [0.1, 0.15) is 0 Å². The van der Waals surface area contributed by atoms with E-state index in [9.17, 15) is 4.79 Å². The third kappa shape index (κ3) is 3.61. The van der Waals surface area contributed by atoms with E-state index in [-0.39, 0.29) is 11.9 Å². The minimum absolute atomic E-state index is 0.0581. The quantitative estimate of drug-likeness (QED) is 0.916. The molecule has 2 N–H and O–H groups in total. The number of rotatable bonds is 5. The van der Waals surface area contributed by atoms with E-state index < -0.39 is 0 Å². The maximum Gasteiger partial charge on any atom is 0.254 e. The Hall–Kier alpha value is -1.87. The molecule has 112 valence electrons. The number of benzene rings is 2. The Kier molecular flexibility index (Phi) is 4.97. The Morgan fingerprint density at radius 1 is 1.14 bits per heavy atom. The molecule has 0 spiro atoms. The van der Waals surface area contributed by atoms with E-state index in [1.165, 1.54) is 0 Å². The predicted molar refractivity (Wildman–Crippen MR) is 88.3 cm³/mol. The van der Waals surface area contributed by atoms with Crippen LogP contribution in [0.15, 0.2) is 42.5 Å². The van der Waals surface area contributed by atoms with Crippen LogP contribution in [0.4, 0.5) is 0 Å². The molecule has 21 heavy (non-hydrogen) atoms. The molecule has 0 heterocycles. The molecule has 0 radical (unpaired) electrons. The van der Waals surface area contributed by atoms with E-state index in [0.717, 1.165) is 22.8 Å². The Labute approximate surface area is 126 Å². The molecule has 2 aromatic carbocycles. The largest absolute Gasteiger partial charge is 0.342 e. The zero-order valence-electron chi connectivity index (χ0n) is 13.0. The van der Waals surface area contributed by atoms with Crippen molar-refractivity contribution in [3.63, 3.8) is 0 Å². The van der Waals surface area contributed by atoms with Crippen molar-refractivity contribution < 1.29 is 4.79 Å². The molecule has 0 saturated carbocycles. The van der Waals surface area contributed by atoms with Crippen molar-refractivity contribution in [3.05, 3.63) is 48.0 Å². The maximum atomic E-state index is 12.6. The lowest BCUT2D eigenvalue weighted by Gasteiger charge is -2.22. The van der Waals surface area contributed by atoms with Crippen molar-refractivity contribution in [2.24, 2.45) is 11.7 Å². The average molecular weight is 284 g/mol. The molecule has 2 aromatic rings. The first-order chi connectivity index (χ1) is 10.0. The number of amides is 1.